The quantitative estimate of drug-likeness (QED) is 0.902. The lowest BCUT2D eigenvalue weighted by atomic mass is 10.1. The Morgan fingerprint density at radius 2 is 2.20 bits per heavy atom. The molecule has 1 aromatic heterocycles. The molecule has 0 radical (unpaired) electrons. The summed E-state index contributed by atoms with van der Waals surface area (Å²) in [5, 5.41) is 0.959. The molecule has 1 amide bonds. The first-order valence-electron chi connectivity index (χ1n) is 6.73. The van der Waals surface area contributed by atoms with Crippen LogP contribution in [0.25, 0.3) is 10.1 Å². The van der Waals surface area contributed by atoms with Gasteiger partial charge in [-0.1, -0.05) is 15.9 Å². The number of thiophene rings is 1. The van der Waals surface area contributed by atoms with Crippen molar-refractivity contribution >= 4 is 48.9 Å². The second-order valence-corrected chi connectivity index (χ2v) is 7.45. The Balaban J connectivity index is 1.96. The van der Waals surface area contributed by atoms with E-state index in [9.17, 15) is 4.79 Å². The maximum absolute atomic E-state index is 12.6. The van der Waals surface area contributed by atoms with Gasteiger partial charge < -0.3 is 10.6 Å². The van der Waals surface area contributed by atoms with Crippen molar-refractivity contribution < 1.29 is 4.79 Å². The van der Waals surface area contributed by atoms with Gasteiger partial charge in [0, 0.05) is 27.6 Å². The van der Waals surface area contributed by atoms with Crippen LogP contribution in [-0.4, -0.2) is 23.9 Å². The lowest BCUT2D eigenvalue weighted by molar-refractivity contribution is 0.0733. The molecule has 0 aliphatic heterocycles. The van der Waals surface area contributed by atoms with E-state index in [4.69, 9.17) is 5.73 Å². The van der Waals surface area contributed by atoms with E-state index >= 15 is 0 Å². The topological polar surface area (TPSA) is 46.3 Å². The van der Waals surface area contributed by atoms with E-state index in [-0.39, 0.29) is 5.91 Å². The zero-order valence-electron chi connectivity index (χ0n) is 11.5. The van der Waals surface area contributed by atoms with Gasteiger partial charge in [0.1, 0.15) is 4.88 Å². The number of fused-ring (bicyclic) bond motifs is 1. The Bertz CT molecular complexity index is 678. The third-order valence-corrected chi connectivity index (χ3v) is 5.79. The smallest absolute Gasteiger partial charge is 0.266 e. The molecule has 3 rings (SSSR count). The van der Waals surface area contributed by atoms with E-state index in [1.165, 1.54) is 24.2 Å². The largest absolute Gasteiger partial charge is 0.397 e. The Morgan fingerprint density at radius 1 is 1.50 bits per heavy atom. The summed E-state index contributed by atoms with van der Waals surface area (Å²) >= 11 is 4.93. The molecule has 1 heterocycles. The molecule has 106 valence electrons. The van der Waals surface area contributed by atoms with E-state index < -0.39 is 0 Å². The predicted molar refractivity (Wildman–Crippen MR) is 88.2 cm³/mol. The lowest BCUT2D eigenvalue weighted by Gasteiger charge is -2.24. The molecular formula is C15H17BrN2OS. The maximum atomic E-state index is 12.6. The minimum absolute atomic E-state index is 0.0409. The van der Waals surface area contributed by atoms with Gasteiger partial charge in [0.25, 0.3) is 5.91 Å². The summed E-state index contributed by atoms with van der Waals surface area (Å²) in [4.78, 5) is 15.1. The van der Waals surface area contributed by atoms with Crippen molar-refractivity contribution in [2.24, 2.45) is 5.92 Å². The number of nitrogens with two attached hydrogens (primary N) is 1. The van der Waals surface area contributed by atoms with Gasteiger partial charge in [-0.2, -0.15) is 0 Å². The van der Waals surface area contributed by atoms with Gasteiger partial charge in [0.05, 0.1) is 5.69 Å². The standard InChI is InChI=1S/C15H17BrN2OS/c1-8(9-3-4-9)18(2)15(19)14-13(17)11-7-10(16)5-6-12(11)20-14/h5-9H,3-4,17H2,1-2H3. The van der Waals surface area contributed by atoms with Crippen LogP contribution in [0.3, 0.4) is 0 Å². The summed E-state index contributed by atoms with van der Waals surface area (Å²) in [6.45, 7) is 2.12. The van der Waals surface area contributed by atoms with Gasteiger partial charge in [-0.25, -0.2) is 0 Å². The van der Waals surface area contributed by atoms with Crippen LogP contribution in [0, 0.1) is 5.92 Å². The SMILES string of the molecule is CC(C1CC1)N(C)C(=O)c1sc2ccc(Br)cc2c1N. The van der Waals surface area contributed by atoms with Gasteiger partial charge >= 0.3 is 0 Å². The number of anilines is 1. The molecule has 1 unspecified atom stereocenters. The number of rotatable bonds is 3. The summed E-state index contributed by atoms with van der Waals surface area (Å²) < 4.78 is 2.04. The van der Waals surface area contributed by atoms with Crippen LogP contribution < -0.4 is 5.73 Å². The molecule has 0 spiro atoms. The van der Waals surface area contributed by atoms with E-state index in [2.05, 4.69) is 22.9 Å². The zero-order valence-corrected chi connectivity index (χ0v) is 13.9. The second-order valence-electron chi connectivity index (χ2n) is 5.48. The number of halogens is 1. The molecular weight excluding hydrogens is 336 g/mol. The Kier molecular flexibility index (Phi) is 3.50. The summed E-state index contributed by atoms with van der Waals surface area (Å²) in [5.41, 5.74) is 6.78. The van der Waals surface area contributed by atoms with Crippen molar-refractivity contribution in [2.75, 3.05) is 12.8 Å². The Labute approximate surface area is 130 Å². The lowest BCUT2D eigenvalue weighted by Crippen LogP contribution is -2.36. The summed E-state index contributed by atoms with van der Waals surface area (Å²) in [6, 6.07) is 6.24. The number of carbonyl (C=O) groups excluding carboxylic acids is 1. The van der Waals surface area contributed by atoms with Crippen LogP contribution in [0.5, 0.6) is 0 Å². The molecule has 2 N–H and O–H groups in total. The molecule has 0 saturated heterocycles. The fraction of sp³-hybridized carbons (Fsp3) is 0.400. The monoisotopic (exact) mass is 352 g/mol. The number of benzene rings is 1. The summed E-state index contributed by atoms with van der Waals surface area (Å²) in [7, 11) is 1.88. The highest BCUT2D eigenvalue weighted by atomic mass is 79.9. The highest BCUT2D eigenvalue weighted by Crippen LogP contribution is 2.38. The van der Waals surface area contributed by atoms with E-state index in [1.54, 1.807) is 0 Å². The minimum atomic E-state index is 0.0409. The third-order valence-electron chi connectivity index (χ3n) is 4.12. The fourth-order valence-corrected chi connectivity index (χ4v) is 3.93. The van der Waals surface area contributed by atoms with Gasteiger partial charge in [-0.3, -0.25) is 4.79 Å². The molecule has 1 fully saturated rings. The van der Waals surface area contributed by atoms with Gasteiger partial charge in [0.2, 0.25) is 0 Å². The highest BCUT2D eigenvalue weighted by Gasteiger charge is 2.33. The predicted octanol–water partition coefficient (Wildman–Crippen LogP) is 4.12. The van der Waals surface area contributed by atoms with Crippen molar-refractivity contribution in [2.45, 2.75) is 25.8 Å². The molecule has 0 bridgehead atoms. The molecule has 5 heteroatoms. The van der Waals surface area contributed by atoms with Crippen molar-refractivity contribution in [1.29, 1.82) is 0 Å². The van der Waals surface area contributed by atoms with Crippen LogP contribution in [0.15, 0.2) is 22.7 Å². The van der Waals surface area contributed by atoms with Crippen LogP contribution in [0.2, 0.25) is 0 Å². The molecule has 20 heavy (non-hydrogen) atoms. The Hall–Kier alpha value is -1.07. The molecule has 3 nitrogen and oxygen atoms in total. The Morgan fingerprint density at radius 3 is 2.85 bits per heavy atom. The third kappa shape index (κ3) is 2.33. The average molecular weight is 353 g/mol. The van der Waals surface area contributed by atoms with Gasteiger partial charge in [0.15, 0.2) is 0 Å². The van der Waals surface area contributed by atoms with Crippen molar-refractivity contribution in [3.63, 3.8) is 0 Å². The normalized spacial score (nSPS) is 16.4. The molecule has 1 atom stereocenters. The van der Waals surface area contributed by atoms with Crippen LogP contribution in [0.4, 0.5) is 5.69 Å². The van der Waals surface area contributed by atoms with E-state index in [1.807, 2.05) is 30.1 Å². The molecule has 1 aliphatic rings. The molecule has 2 aromatic rings. The molecule has 1 saturated carbocycles. The number of hydrogen-bond donors (Lipinski definition) is 1. The maximum Gasteiger partial charge on any atom is 0.266 e. The second kappa shape index (κ2) is 5.04. The minimum Gasteiger partial charge on any atom is -0.397 e. The number of nitrogens with zero attached hydrogens (tertiary/aromatic N) is 1. The van der Waals surface area contributed by atoms with Crippen LogP contribution in [0.1, 0.15) is 29.4 Å². The highest BCUT2D eigenvalue weighted by molar-refractivity contribution is 9.10. The number of nitrogen functional groups attached to an aromatic ring is 1. The van der Waals surface area contributed by atoms with Crippen LogP contribution >= 0.6 is 27.3 Å². The summed E-state index contributed by atoms with van der Waals surface area (Å²) in [6.07, 6.45) is 2.46. The van der Waals surface area contributed by atoms with E-state index in [0.29, 0.717) is 22.5 Å². The van der Waals surface area contributed by atoms with Crippen molar-refractivity contribution in [3.8, 4) is 0 Å². The number of carbonyl (C=O) groups is 1. The first kappa shape index (κ1) is 13.9. The number of amides is 1. The van der Waals surface area contributed by atoms with Gasteiger partial charge in [-0.15, -0.1) is 11.3 Å². The van der Waals surface area contributed by atoms with Crippen LogP contribution in [-0.2, 0) is 0 Å². The van der Waals surface area contributed by atoms with Crippen molar-refractivity contribution in [1.82, 2.24) is 4.90 Å². The van der Waals surface area contributed by atoms with Gasteiger partial charge in [-0.05, 0) is 43.9 Å². The zero-order chi connectivity index (χ0) is 14.4. The van der Waals surface area contributed by atoms with Crippen molar-refractivity contribution in [3.05, 3.63) is 27.5 Å². The van der Waals surface area contributed by atoms with E-state index in [0.717, 1.165) is 14.6 Å². The molecule has 1 aromatic carbocycles. The number of hydrogen-bond acceptors (Lipinski definition) is 3. The fourth-order valence-electron chi connectivity index (χ4n) is 2.49. The first-order chi connectivity index (χ1) is 9.49. The molecule has 1 aliphatic carbocycles. The first-order valence-corrected chi connectivity index (χ1v) is 8.34. The summed E-state index contributed by atoms with van der Waals surface area (Å²) in [5.74, 6) is 0.702. The average Bonchev–Trinajstić information content (AvgIpc) is 3.23.